The average Bonchev–Trinajstić information content (AvgIpc) is 3.26. The highest BCUT2D eigenvalue weighted by atomic mass is 32.2. The lowest BCUT2D eigenvalue weighted by Gasteiger charge is -2.26. The Kier molecular flexibility index (Phi) is 7.25. The van der Waals surface area contributed by atoms with Gasteiger partial charge < -0.3 is 4.74 Å². The van der Waals surface area contributed by atoms with Crippen molar-refractivity contribution in [3.63, 3.8) is 0 Å². The van der Waals surface area contributed by atoms with Crippen molar-refractivity contribution in [2.45, 2.75) is 22.3 Å². The molecular formula is C23H23N5O3S2. The molecule has 8 nitrogen and oxygen atoms in total. The number of nitriles is 1. The van der Waals surface area contributed by atoms with Crippen LogP contribution in [0, 0.1) is 11.3 Å². The van der Waals surface area contributed by atoms with Crippen molar-refractivity contribution in [3.8, 4) is 17.5 Å². The number of hydrogen-bond acceptors (Lipinski definition) is 7. The SMILES string of the molecule is C=CCn1c(SCc2ccc(C#N)cc2)nnc1-c1cccc(S(=O)(=O)N2CCOCC2)c1. The summed E-state index contributed by atoms with van der Waals surface area (Å²) in [4.78, 5) is 0.224. The highest BCUT2D eigenvalue weighted by Crippen LogP contribution is 2.28. The summed E-state index contributed by atoms with van der Waals surface area (Å²) in [5, 5.41) is 18.4. The van der Waals surface area contributed by atoms with Crippen LogP contribution in [0.25, 0.3) is 11.4 Å². The molecule has 0 spiro atoms. The van der Waals surface area contributed by atoms with Crippen LogP contribution in [-0.4, -0.2) is 53.8 Å². The summed E-state index contributed by atoms with van der Waals surface area (Å²) in [6.45, 7) is 5.80. The molecule has 0 bridgehead atoms. The molecule has 1 aromatic heterocycles. The Labute approximate surface area is 197 Å². The van der Waals surface area contributed by atoms with Crippen LogP contribution in [0.1, 0.15) is 11.1 Å². The van der Waals surface area contributed by atoms with Crippen molar-refractivity contribution < 1.29 is 13.2 Å². The van der Waals surface area contributed by atoms with E-state index in [1.54, 1.807) is 36.4 Å². The van der Waals surface area contributed by atoms with Crippen molar-refractivity contribution >= 4 is 21.8 Å². The zero-order valence-corrected chi connectivity index (χ0v) is 19.6. The third kappa shape index (κ3) is 5.17. The van der Waals surface area contributed by atoms with E-state index in [0.717, 1.165) is 5.56 Å². The molecule has 10 heteroatoms. The van der Waals surface area contributed by atoms with Crippen LogP contribution in [0.2, 0.25) is 0 Å². The number of ether oxygens (including phenoxy) is 1. The molecule has 0 aliphatic carbocycles. The first-order valence-electron chi connectivity index (χ1n) is 10.4. The molecule has 3 aromatic rings. The molecule has 2 heterocycles. The van der Waals surface area contributed by atoms with Gasteiger partial charge in [0.1, 0.15) is 0 Å². The van der Waals surface area contributed by atoms with Crippen LogP contribution in [0.15, 0.2) is 71.2 Å². The van der Waals surface area contributed by atoms with E-state index >= 15 is 0 Å². The van der Waals surface area contributed by atoms with Gasteiger partial charge in [-0.1, -0.05) is 42.1 Å². The first kappa shape index (κ1) is 23.2. The molecule has 1 saturated heterocycles. The van der Waals surface area contributed by atoms with Crippen LogP contribution in [0.5, 0.6) is 0 Å². The van der Waals surface area contributed by atoms with E-state index in [9.17, 15) is 8.42 Å². The number of benzene rings is 2. The number of sulfonamides is 1. The van der Waals surface area contributed by atoms with Gasteiger partial charge in [0.15, 0.2) is 11.0 Å². The standard InChI is InChI=1S/C23H23N5O3S2/c1-2-10-28-22(25-26-23(28)32-17-19-8-6-18(16-24)7-9-19)20-4-3-5-21(15-20)33(29,30)27-11-13-31-14-12-27/h2-9,15H,1,10-14,17H2. The average molecular weight is 482 g/mol. The highest BCUT2D eigenvalue weighted by Gasteiger charge is 2.27. The minimum atomic E-state index is -3.62. The van der Waals surface area contributed by atoms with Gasteiger partial charge in [0, 0.05) is 31.0 Å². The number of rotatable bonds is 8. The van der Waals surface area contributed by atoms with E-state index in [1.807, 2.05) is 22.8 Å². The molecule has 1 fully saturated rings. The molecule has 0 N–H and O–H groups in total. The van der Waals surface area contributed by atoms with Crippen molar-refractivity contribution in [2.24, 2.45) is 0 Å². The van der Waals surface area contributed by atoms with E-state index < -0.39 is 10.0 Å². The van der Waals surface area contributed by atoms with Crippen LogP contribution in [-0.2, 0) is 27.1 Å². The molecule has 1 aliphatic rings. The summed E-state index contributed by atoms with van der Waals surface area (Å²) in [7, 11) is -3.62. The molecule has 0 atom stereocenters. The zero-order valence-electron chi connectivity index (χ0n) is 17.9. The van der Waals surface area contributed by atoms with Gasteiger partial charge in [0.2, 0.25) is 10.0 Å². The van der Waals surface area contributed by atoms with Gasteiger partial charge in [0.05, 0.1) is 29.7 Å². The molecular weight excluding hydrogens is 458 g/mol. The predicted molar refractivity (Wildman–Crippen MR) is 126 cm³/mol. The number of allylic oxidation sites excluding steroid dienone is 1. The fourth-order valence-corrected chi connectivity index (χ4v) is 5.82. The third-order valence-electron chi connectivity index (χ3n) is 5.18. The summed E-state index contributed by atoms with van der Waals surface area (Å²) in [5.41, 5.74) is 2.35. The van der Waals surface area contributed by atoms with Gasteiger partial charge in [-0.25, -0.2) is 8.42 Å². The van der Waals surface area contributed by atoms with E-state index in [-0.39, 0.29) is 4.90 Å². The largest absolute Gasteiger partial charge is 0.379 e. The molecule has 0 radical (unpaired) electrons. The topological polar surface area (TPSA) is 101 Å². The summed E-state index contributed by atoms with van der Waals surface area (Å²) in [5.74, 6) is 1.24. The Hall–Kier alpha value is -2.97. The number of aromatic nitrogens is 3. The lowest BCUT2D eigenvalue weighted by Crippen LogP contribution is -2.40. The van der Waals surface area contributed by atoms with Crippen molar-refractivity contribution in [3.05, 3.63) is 72.3 Å². The second-order valence-electron chi connectivity index (χ2n) is 7.35. The van der Waals surface area contributed by atoms with Crippen molar-refractivity contribution in [1.29, 1.82) is 5.26 Å². The zero-order chi connectivity index (χ0) is 23.3. The Morgan fingerprint density at radius 3 is 2.61 bits per heavy atom. The van der Waals surface area contributed by atoms with E-state index in [0.29, 0.717) is 60.7 Å². The first-order chi connectivity index (χ1) is 16.0. The molecule has 33 heavy (non-hydrogen) atoms. The predicted octanol–water partition coefficient (Wildman–Crippen LogP) is 3.32. The maximum absolute atomic E-state index is 13.1. The number of hydrogen-bond donors (Lipinski definition) is 0. The monoisotopic (exact) mass is 481 g/mol. The van der Waals surface area contributed by atoms with Crippen LogP contribution in [0.4, 0.5) is 0 Å². The fraction of sp³-hybridized carbons (Fsp3) is 0.261. The van der Waals surface area contributed by atoms with Crippen LogP contribution in [0.3, 0.4) is 0 Å². The normalized spacial score (nSPS) is 14.6. The number of thioether (sulfide) groups is 1. The molecule has 170 valence electrons. The highest BCUT2D eigenvalue weighted by molar-refractivity contribution is 7.98. The second-order valence-corrected chi connectivity index (χ2v) is 10.2. The van der Waals surface area contributed by atoms with E-state index in [2.05, 4.69) is 22.8 Å². The number of nitrogens with zero attached hydrogens (tertiary/aromatic N) is 5. The van der Waals surface area contributed by atoms with Gasteiger partial charge in [-0.05, 0) is 29.8 Å². The van der Waals surface area contributed by atoms with Gasteiger partial charge in [0.25, 0.3) is 0 Å². The molecule has 0 saturated carbocycles. The summed E-state index contributed by atoms with van der Waals surface area (Å²) in [6, 6.07) is 16.3. The summed E-state index contributed by atoms with van der Waals surface area (Å²) in [6.07, 6.45) is 1.76. The molecule has 0 unspecified atom stereocenters. The summed E-state index contributed by atoms with van der Waals surface area (Å²) < 4.78 is 34.8. The van der Waals surface area contributed by atoms with Gasteiger partial charge in [-0.3, -0.25) is 4.57 Å². The Balaban J connectivity index is 1.60. The Morgan fingerprint density at radius 1 is 1.15 bits per heavy atom. The first-order valence-corrected chi connectivity index (χ1v) is 12.8. The fourth-order valence-electron chi connectivity index (χ4n) is 3.46. The Morgan fingerprint density at radius 2 is 1.91 bits per heavy atom. The van der Waals surface area contributed by atoms with Crippen LogP contribution < -0.4 is 0 Å². The minimum Gasteiger partial charge on any atom is -0.379 e. The number of morpholine rings is 1. The maximum atomic E-state index is 13.1. The molecule has 1 aliphatic heterocycles. The smallest absolute Gasteiger partial charge is 0.243 e. The quantitative estimate of drug-likeness (QED) is 0.359. The van der Waals surface area contributed by atoms with E-state index in [1.165, 1.54) is 16.1 Å². The van der Waals surface area contributed by atoms with Gasteiger partial charge >= 0.3 is 0 Å². The lowest BCUT2D eigenvalue weighted by molar-refractivity contribution is 0.0730. The summed E-state index contributed by atoms with van der Waals surface area (Å²) >= 11 is 1.52. The van der Waals surface area contributed by atoms with Crippen molar-refractivity contribution in [1.82, 2.24) is 19.1 Å². The van der Waals surface area contributed by atoms with Crippen molar-refractivity contribution in [2.75, 3.05) is 26.3 Å². The van der Waals surface area contributed by atoms with E-state index in [4.69, 9.17) is 10.00 Å². The molecule has 2 aromatic carbocycles. The second kappa shape index (κ2) is 10.3. The maximum Gasteiger partial charge on any atom is 0.243 e. The van der Waals surface area contributed by atoms with Crippen LogP contribution >= 0.6 is 11.8 Å². The molecule has 0 amide bonds. The Bertz CT molecular complexity index is 1270. The van der Waals surface area contributed by atoms with Gasteiger partial charge in [-0.2, -0.15) is 9.57 Å². The minimum absolute atomic E-state index is 0.224. The lowest BCUT2D eigenvalue weighted by atomic mass is 10.2. The third-order valence-corrected chi connectivity index (χ3v) is 8.11. The van der Waals surface area contributed by atoms with Gasteiger partial charge in [-0.15, -0.1) is 16.8 Å². The molecule has 4 rings (SSSR count).